The highest BCUT2D eigenvalue weighted by atomic mass is 16.1. The maximum Gasteiger partial charge on any atom is 0.255 e. The van der Waals surface area contributed by atoms with Gasteiger partial charge in [0.15, 0.2) is 5.82 Å². The molecule has 102 valence electrons. The Morgan fingerprint density at radius 1 is 1.20 bits per heavy atom. The molecule has 3 rings (SSSR count). The number of nitrogen functional groups attached to an aromatic ring is 1. The minimum atomic E-state index is -0.144. The van der Waals surface area contributed by atoms with Gasteiger partial charge in [-0.25, -0.2) is 10.8 Å². The Morgan fingerprint density at radius 2 is 2.00 bits per heavy atom. The van der Waals surface area contributed by atoms with Gasteiger partial charge in [-0.15, -0.1) is 0 Å². The lowest BCUT2D eigenvalue weighted by atomic mass is 10.1. The largest absolute Gasteiger partial charge is 0.349 e. The lowest BCUT2D eigenvalue weighted by Gasteiger charge is -2.08. The average Bonchev–Trinajstić information content (AvgIpc) is 3.27. The number of anilines is 1. The molecule has 1 heterocycles. The number of carbonyl (C=O) groups excluding carboxylic acids is 1. The number of carbonyl (C=O) groups is 1. The molecule has 4 N–H and O–H groups in total. The molecular weight excluding hydrogens is 252 g/mol. The SMILES string of the molecule is NNc1ncccc1C(=O)NC1CC1c1ccccc1. The van der Waals surface area contributed by atoms with E-state index in [4.69, 9.17) is 5.84 Å². The van der Waals surface area contributed by atoms with Crippen molar-refractivity contribution in [2.24, 2.45) is 5.84 Å². The molecule has 0 aliphatic heterocycles. The summed E-state index contributed by atoms with van der Waals surface area (Å²) in [5.74, 6) is 6.02. The van der Waals surface area contributed by atoms with E-state index in [0.717, 1.165) is 6.42 Å². The summed E-state index contributed by atoms with van der Waals surface area (Å²) in [5.41, 5.74) is 4.17. The van der Waals surface area contributed by atoms with Gasteiger partial charge in [-0.05, 0) is 24.1 Å². The smallest absolute Gasteiger partial charge is 0.255 e. The van der Waals surface area contributed by atoms with Crippen molar-refractivity contribution >= 4 is 11.7 Å². The molecule has 0 spiro atoms. The van der Waals surface area contributed by atoms with E-state index in [1.165, 1.54) is 5.56 Å². The third-order valence-electron chi connectivity index (χ3n) is 3.52. The number of nitrogens with two attached hydrogens (primary N) is 1. The molecule has 5 heteroatoms. The van der Waals surface area contributed by atoms with E-state index >= 15 is 0 Å². The van der Waals surface area contributed by atoms with Gasteiger partial charge < -0.3 is 10.7 Å². The van der Waals surface area contributed by atoms with Gasteiger partial charge in [0, 0.05) is 18.2 Å². The van der Waals surface area contributed by atoms with Gasteiger partial charge in [0.05, 0.1) is 5.56 Å². The van der Waals surface area contributed by atoms with Gasteiger partial charge in [0.1, 0.15) is 0 Å². The Kier molecular flexibility index (Phi) is 3.35. The van der Waals surface area contributed by atoms with Crippen LogP contribution in [0.2, 0.25) is 0 Å². The van der Waals surface area contributed by atoms with Crippen LogP contribution >= 0.6 is 0 Å². The fourth-order valence-electron chi connectivity index (χ4n) is 2.37. The number of hydrazine groups is 1. The zero-order valence-corrected chi connectivity index (χ0v) is 10.9. The van der Waals surface area contributed by atoms with Gasteiger partial charge >= 0.3 is 0 Å². The molecule has 0 saturated heterocycles. The molecule has 1 saturated carbocycles. The number of nitrogens with one attached hydrogen (secondary N) is 2. The Hall–Kier alpha value is -2.40. The highest BCUT2D eigenvalue weighted by Gasteiger charge is 2.39. The number of benzene rings is 1. The van der Waals surface area contributed by atoms with Crippen molar-refractivity contribution in [3.05, 3.63) is 59.8 Å². The van der Waals surface area contributed by atoms with Gasteiger partial charge in [0.25, 0.3) is 5.91 Å². The summed E-state index contributed by atoms with van der Waals surface area (Å²) in [6.45, 7) is 0. The molecule has 1 fully saturated rings. The van der Waals surface area contributed by atoms with Gasteiger partial charge in [0.2, 0.25) is 0 Å². The maximum absolute atomic E-state index is 12.2. The van der Waals surface area contributed by atoms with Crippen molar-refractivity contribution in [2.75, 3.05) is 5.43 Å². The number of pyridine rings is 1. The van der Waals surface area contributed by atoms with E-state index < -0.39 is 0 Å². The van der Waals surface area contributed by atoms with Crippen molar-refractivity contribution in [1.29, 1.82) is 0 Å². The molecule has 20 heavy (non-hydrogen) atoms. The van der Waals surface area contributed by atoms with Crippen LogP contribution in [0.4, 0.5) is 5.82 Å². The van der Waals surface area contributed by atoms with Crippen LogP contribution in [0.1, 0.15) is 28.3 Å². The molecular formula is C15H16N4O. The molecule has 1 aliphatic carbocycles. The summed E-state index contributed by atoms with van der Waals surface area (Å²) in [6, 6.07) is 13.8. The Morgan fingerprint density at radius 3 is 2.75 bits per heavy atom. The first-order chi connectivity index (χ1) is 9.79. The normalized spacial score (nSPS) is 20.2. The van der Waals surface area contributed by atoms with Crippen molar-refractivity contribution in [3.8, 4) is 0 Å². The predicted octanol–water partition coefficient (Wildman–Crippen LogP) is 1.65. The van der Waals surface area contributed by atoms with Crippen LogP contribution in [0, 0.1) is 0 Å². The highest BCUT2D eigenvalue weighted by molar-refractivity contribution is 5.99. The molecule has 1 aliphatic rings. The number of hydrogen-bond donors (Lipinski definition) is 3. The zero-order valence-electron chi connectivity index (χ0n) is 10.9. The van der Waals surface area contributed by atoms with Crippen molar-refractivity contribution in [2.45, 2.75) is 18.4 Å². The fraction of sp³-hybridized carbons (Fsp3) is 0.200. The maximum atomic E-state index is 12.2. The summed E-state index contributed by atoms with van der Waals surface area (Å²) in [7, 11) is 0. The van der Waals surface area contributed by atoms with Crippen LogP contribution in [0.5, 0.6) is 0 Å². The zero-order chi connectivity index (χ0) is 13.9. The first-order valence-electron chi connectivity index (χ1n) is 6.57. The van der Waals surface area contributed by atoms with Crippen LogP contribution in [0.25, 0.3) is 0 Å². The van der Waals surface area contributed by atoms with Crippen LogP contribution in [-0.4, -0.2) is 16.9 Å². The van der Waals surface area contributed by atoms with Crippen molar-refractivity contribution in [1.82, 2.24) is 10.3 Å². The standard InChI is InChI=1S/C15H16N4O/c16-19-14-11(7-4-8-17-14)15(20)18-13-9-12(13)10-5-2-1-3-6-10/h1-8,12-13H,9,16H2,(H,17,19)(H,18,20). The van der Waals surface area contributed by atoms with E-state index in [-0.39, 0.29) is 11.9 Å². The minimum Gasteiger partial charge on any atom is -0.349 e. The second kappa shape index (κ2) is 5.30. The Bertz CT molecular complexity index is 614. The summed E-state index contributed by atoms with van der Waals surface area (Å²) >= 11 is 0. The van der Waals surface area contributed by atoms with E-state index in [0.29, 0.717) is 17.3 Å². The molecule has 1 aromatic heterocycles. The van der Waals surface area contributed by atoms with Crippen LogP contribution < -0.4 is 16.6 Å². The fourth-order valence-corrected chi connectivity index (χ4v) is 2.37. The second-order valence-electron chi connectivity index (χ2n) is 4.88. The number of aromatic nitrogens is 1. The van der Waals surface area contributed by atoms with E-state index in [1.54, 1.807) is 18.3 Å². The summed E-state index contributed by atoms with van der Waals surface area (Å²) < 4.78 is 0. The molecule has 0 bridgehead atoms. The molecule has 0 radical (unpaired) electrons. The van der Waals surface area contributed by atoms with Crippen LogP contribution in [0.3, 0.4) is 0 Å². The Balaban J connectivity index is 1.67. The quantitative estimate of drug-likeness (QED) is 0.582. The summed E-state index contributed by atoms with van der Waals surface area (Å²) in [6.07, 6.45) is 2.57. The van der Waals surface area contributed by atoms with Gasteiger partial charge in [-0.3, -0.25) is 4.79 Å². The third kappa shape index (κ3) is 2.48. The summed E-state index contributed by atoms with van der Waals surface area (Å²) in [5, 5.41) is 3.02. The molecule has 1 aromatic carbocycles. The van der Waals surface area contributed by atoms with Gasteiger partial charge in [-0.1, -0.05) is 30.3 Å². The number of amides is 1. The Labute approximate surface area is 117 Å². The molecule has 2 atom stereocenters. The monoisotopic (exact) mass is 268 g/mol. The molecule has 2 aromatic rings. The highest BCUT2D eigenvalue weighted by Crippen LogP contribution is 2.40. The first kappa shape index (κ1) is 12.6. The number of rotatable bonds is 4. The lowest BCUT2D eigenvalue weighted by Crippen LogP contribution is -2.28. The third-order valence-corrected chi connectivity index (χ3v) is 3.52. The van der Waals surface area contributed by atoms with Crippen molar-refractivity contribution < 1.29 is 4.79 Å². The van der Waals surface area contributed by atoms with Crippen molar-refractivity contribution in [3.63, 3.8) is 0 Å². The van der Waals surface area contributed by atoms with E-state index in [1.807, 2.05) is 18.2 Å². The summed E-state index contributed by atoms with van der Waals surface area (Å²) in [4.78, 5) is 16.2. The second-order valence-corrected chi connectivity index (χ2v) is 4.88. The number of hydrogen-bond acceptors (Lipinski definition) is 4. The number of nitrogens with zero attached hydrogens (tertiary/aromatic N) is 1. The van der Waals surface area contributed by atoms with E-state index in [9.17, 15) is 4.79 Å². The van der Waals surface area contributed by atoms with E-state index in [2.05, 4.69) is 27.9 Å². The van der Waals surface area contributed by atoms with Gasteiger partial charge in [-0.2, -0.15) is 0 Å². The lowest BCUT2D eigenvalue weighted by molar-refractivity contribution is 0.0951. The predicted molar refractivity (Wildman–Crippen MR) is 77.1 cm³/mol. The minimum absolute atomic E-state index is 0.144. The van der Waals surface area contributed by atoms with Crippen LogP contribution in [-0.2, 0) is 0 Å². The average molecular weight is 268 g/mol. The molecule has 5 nitrogen and oxygen atoms in total. The molecule has 2 unspecified atom stereocenters. The molecule has 1 amide bonds. The topological polar surface area (TPSA) is 80.0 Å². The first-order valence-corrected chi connectivity index (χ1v) is 6.57. The van der Waals surface area contributed by atoms with Crippen LogP contribution in [0.15, 0.2) is 48.7 Å².